The highest BCUT2D eigenvalue weighted by molar-refractivity contribution is 5.98. The molecule has 0 amide bonds. The first kappa shape index (κ1) is 27.1. The number of ether oxygens (including phenoxy) is 6. The zero-order valence-corrected chi connectivity index (χ0v) is 21.0. The summed E-state index contributed by atoms with van der Waals surface area (Å²) in [6.45, 7) is -0.696. The molecule has 4 heterocycles. The van der Waals surface area contributed by atoms with E-state index in [9.17, 15) is 40.2 Å². The third-order valence-corrected chi connectivity index (χ3v) is 8.19. The van der Waals surface area contributed by atoms with Crippen LogP contribution in [0, 0.1) is 11.8 Å². The van der Waals surface area contributed by atoms with Crippen LogP contribution in [0.15, 0.2) is 41.7 Å². The van der Waals surface area contributed by atoms with E-state index in [0.717, 1.165) is 6.26 Å². The Balaban J connectivity index is 1.37. The van der Waals surface area contributed by atoms with E-state index in [1.807, 2.05) is 0 Å². The van der Waals surface area contributed by atoms with E-state index in [1.165, 1.54) is 37.5 Å². The van der Waals surface area contributed by atoms with Gasteiger partial charge in [-0.2, -0.15) is 0 Å². The molecule has 0 aromatic heterocycles. The first-order valence-electron chi connectivity index (χ1n) is 12.6. The predicted octanol–water partition coefficient (Wildman–Crippen LogP) is -2.32. The van der Waals surface area contributed by atoms with Gasteiger partial charge in [0.05, 0.1) is 43.1 Å². The number of carbonyl (C=O) groups is 2. The lowest BCUT2D eigenvalue weighted by molar-refractivity contribution is -0.350. The molecular formula is C26H28O14. The number of methoxy groups -OCH3 is 1. The van der Waals surface area contributed by atoms with Crippen molar-refractivity contribution in [1.82, 2.24) is 0 Å². The molecule has 1 aliphatic carbocycles. The Labute approximate surface area is 226 Å². The van der Waals surface area contributed by atoms with E-state index in [0.29, 0.717) is 5.56 Å². The second-order valence-electron chi connectivity index (χ2n) is 10.3. The van der Waals surface area contributed by atoms with E-state index >= 15 is 0 Å². The van der Waals surface area contributed by atoms with E-state index in [1.54, 1.807) is 0 Å². The molecule has 4 aliphatic heterocycles. The van der Waals surface area contributed by atoms with Crippen molar-refractivity contribution in [3.05, 3.63) is 47.2 Å². The molecule has 6 rings (SSSR count). The highest BCUT2D eigenvalue weighted by Crippen LogP contribution is 2.64. The smallest absolute Gasteiger partial charge is 0.337 e. The molecule has 4 fully saturated rings. The fourth-order valence-electron chi connectivity index (χ4n) is 6.20. The maximum Gasteiger partial charge on any atom is 0.337 e. The second-order valence-corrected chi connectivity index (χ2v) is 10.3. The van der Waals surface area contributed by atoms with Gasteiger partial charge in [-0.3, -0.25) is 0 Å². The average molecular weight is 564 g/mol. The summed E-state index contributed by atoms with van der Waals surface area (Å²) in [5.41, 5.74) is -1.36. The number of phenolic OH excluding ortho intramolecular Hbond substituents is 1. The molecule has 0 radical (unpaired) electrons. The molecule has 3 saturated heterocycles. The van der Waals surface area contributed by atoms with Gasteiger partial charge in [-0.1, -0.05) is 12.1 Å². The molecule has 40 heavy (non-hydrogen) atoms. The standard InChI is InChI=1S/C26H28O14/c1-35-22(33)12-8-36-24(39-25-18(31)17(30)16(29)13(7-27)37-25)15-14(12)19-21(38-19)26(15)20(32)11(23(34)40-26)6-9-2-4-10(28)5-3-9/h2-6,8,13-21,24-25,27-32H,7H2,1H3. The summed E-state index contributed by atoms with van der Waals surface area (Å²) < 4.78 is 33.6. The number of hydrogen-bond acceptors (Lipinski definition) is 14. The Morgan fingerprint density at radius 3 is 2.45 bits per heavy atom. The summed E-state index contributed by atoms with van der Waals surface area (Å²) in [7, 11) is 1.17. The van der Waals surface area contributed by atoms with Crippen molar-refractivity contribution in [1.29, 1.82) is 0 Å². The molecule has 1 saturated carbocycles. The summed E-state index contributed by atoms with van der Waals surface area (Å²) in [6, 6.07) is 5.89. The molecule has 12 atom stereocenters. The van der Waals surface area contributed by atoms with E-state index in [-0.39, 0.29) is 16.9 Å². The van der Waals surface area contributed by atoms with Gasteiger partial charge in [-0.15, -0.1) is 0 Å². The van der Waals surface area contributed by atoms with Gasteiger partial charge >= 0.3 is 11.9 Å². The van der Waals surface area contributed by atoms with E-state index < -0.39 is 91.3 Å². The molecule has 6 N–H and O–H groups in total. The van der Waals surface area contributed by atoms with Crippen molar-refractivity contribution in [2.24, 2.45) is 11.8 Å². The number of rotatable bonds is 5. The van der Waals surface area contributed by atoms with Crippen LogP contribution in [0.4, 0.5) is 0 Å². The van der Waals surface area contributed by atoms with Crippen molar-refractivity contribution in [2.75, 3.05) is 13.7 Å². The van der Waals surface area contributed by atoms with Crippen LogP contribution in [0.5, 0.6) is 5.75 Å². The summed E-state index contributed by atoms with van der Waals surface area (Å²) in [6.07, 6.45) is -10.1. The Morgan fingerprint density at radius 1 is 1.05 bits per heavy atom. The Kier molecular flexibility index (Phi) is 6.63. The second kappa shape index (κ2) is 9.78. The van der Waals surface area contributed by atoms with Gasteiger partial charge in [0.1, 0.15) is 42.4 Å². The number of carbonyl (C=O) groups excluding carboxylic acids is 2. The van der Waals surface area contributed by atoms with Gasteiger partial charge in [-0.25, -0.2) is 9.59 Å². The van der Waals surface area contributed by atoms with E-state index in [2.05, 4.69) is 0 Å². The molecule has 12 unspecified atom stereocenters. The van der Waals surface area contributed by atoms with Crippen molar-refractivity contribution < 1.29 is 68.6 Å². The Morgan fingerprint density at radius 2 is 1.77 bits per heavy atom. The molecule has 5 aliphatic rings. The quantitative estimate of drug-likeness (QED) is 0.126. The molecule has 0 bridgehead atoms. The van der Waals surface area contributed by atoms with Crippen LogP contribution in [0.2, 0.25) is 0 Å². The van der Waals surface area contributed by atoms with Gasteiger partial charge in [0, 0.05) is 5.92 Å². The lowest BCUT2D eigenvalue weighted by atomic mass is 9.75. The van der Waals surface area contributed by atoms with Crippen molar-refractivity contribution >= 4 is 18.0 Å². The first-order chi connectivity index (χ1) is 19.1. The number of epoxide rings is 1. The third kappa shape index (κ3) is 3.94. The van der Waals surface area contributed by atoms with Gasteiger partial charge in [0.15, 0.2) is 11.9 Å². The number of aliphatic hydroxyl groups excluding tert-OH is 5. The van der Waals surface area contributed by atoms with Gasteiger partial charge in [0.25, 0.3) is 0 Å². The number of benzene rings is 1. The summed E-state index contributed by atoms with van der Waals surface area (Å²) >= 11 is 0. The lowest BCUT2D eigenvalue weighted by Gasteiger charge is -2.45. The number of fused-ring (bicyclic) bond motifs is 5. The molecule has 14 nitrogen and oxygen atoms in total. The van der Waals surface area contributed by atoms with Crippen molar-refractivity contribution in [2.45, 2.75) is 60.9 Å². The highest BCUT2D eigenvalue weighted by Gasteiger charge is 2.81. The maximum atomic E-state index is 13.1. The zero-order chi connectivity index (χ0) is 28.5. The van der Waals surface area contributed by atoms with Crippen LogP contribution in [0.25, 0.3) is 6.08 Å². The van der Waals surface area contributed by atoms with Crippen molar-refractivity contribution in [3.8, 4) is 5.75 Å². The van der Waals surface area contributed by atoms with Crippen LogP contribution >= 0.6 is 0 Å². The number of aromatic hydroxyl groups is 1. The number of hydrogen-bond donors (Lipinski definition) is 6. The third-order valence-electron chi connectivity index (χ3n) is 8.19. The Hall–Kier alpha value is -3.08. The van der Waals surface area contributed by atoms with Gasteiger partial charge in [-0.05, 0) is 23.8 Å². The topological polar surface area (TPSA) is 214 Å². The summed E-state index contributed by atoms with van der Waals surface area (Å²) in [5, 5.41) is 61.6. The normalized spacial score (nSPS) is 44.5. The van der Waals surface area contributed by atoms with Gasteiger partial charge in [0.2, 0.25) is 6.29 Å². The summed E-state index contributed by atoms with van der Waals surface area (Å²) in [5.74, 6) is -3.51. The minimum Gasteiger partial charge on any atom is -0.508 e. The van der Waals surface area contributed by atoms with Crippen LogP contribution in [-0.4, -0.2) is 117 Å². The largest absolute Gasteiger partial charge is 0.508 e. The van der Waals surface area contributed by atoms with E-state index in [4.69, 9.17) is 28.4 Å². The fraction of sp³-hybridized carbons (Fsp3) is 0.538. The van der Waals surface area contributed by atoms with Gasteiger partial charge < -0.3 is 59.1 Å². The zero-order valence-electron chi connectivity index (χ0n) is 21.0. The van der Waals surface area contributed by atoms with Crippen LogP contribution < -0.4 is 0 Å². The SMILES string of the molecule is COC(=O)C1=COC(OC2OC(CO)C(O)C(O)C2O)C2C1C1OC1C21OC(=O)C(=Cc2ccc(O)cc2)C1O. The Bertz CT molecular complexity index is 1240. The lowest BCUT2D eigenvalue weighted by Crippen LogP contribution is -2.62. The minimum atomic E-state index is -1.79. The molecular weight excluding hydrogens is 536 g/mol. The minimum absolute atomic E-state index is 0.00990. The molecule has 1 aromatic carbocycles. The number of esters is 2. The highest BCUT2D eigenvalue weighted by atomic mass is 16.8. The summed E-state index contributed by atoms with van der Waals surface area (Å²) in [4.78, 5) is 25.8. The molecule has 1 aromatic rings. The average Bonchev–Trinajstić information content (AvgIpc) is 3.65. The first-order valence-corrected chi connectivity index (χ1v) is 12.6. The van der Waals surface area contributed by atoms with Crippen LogP contribution in [0.1, 0.15) is 5.56 Å². The number of phenols is 1. The fourth-order valence-corrected chi connectivity index (χ4v) is 6.20. The maximum absolute atomic E-state index is 13.1. The van der Waals surface area contributed by atoms with Crippen LogP contribution in [-0.2, 0) is 38.0 Å². The molecule has 216 valence electrons. The monoisotopic (exact) mass is 564 g/mol. The molecule has 1 spiro atoms. The molecule has 14 heteroatoms. The predicted molar refractivity (Wildman–Crippen MR) is 126 cm³/mol. The van der Waals surface area contributed by atoms with Crippen LogP contribution in [0.3, 0.4) is 0 Å². The van der Waals surface area contributed by atoms with Crippen molar-refractivity contribution in [3.63, 3.8) is 0 Å². The number of aliphatic hydroxyl groups is 5.